The van der Waals surface area contributed by atoms with Gasteiger partial charge in [0.15, 0.2) is 6.10 Å². The predicted octanol–water partition coefficient (Wildman–Crippen LogP) is 4.05. The van der Waals surface area contributed by atoms with E-state index in [1.54, 1.807) is 37.3 Å². The van der Waals surface area contributed by atoms with Gasteiger partial charge in [-0.25, -0.2) is 0 Å². The Morgan fingerprint density at radius 2 is 2.00 bits per heavy atom. The van der Waals surface area contributed by atoms with Crippen LogP contribution in [0.5, 0.6) is 5.75 Å². The third-order valence-electron chi connectivity index (χ3n) is 3.89. The highest BCUT2D eigenvalue weighted by atomic mass is 35.5. The molecule has 1 unspecified atom stereocenters. The fourth-order valence-corrected chi connectivity index (χ4v) is 2.90. The smallest absolute Gasteiger partial charge is 0.268 e. The van der Waals surface area contributed by atoms with Crippen molar-refractivity contribution in [3.05, 3.63) is 52.0 Å². The second-order valence-corrected chi connectivity index (χ2v) is 6.65. The molecular weight excluding hydrogens is 363 g/mol. The number of rotatable bonds is 3. The summed E-state index contributed by atoms with van der Waals surface area (Å²) in [5.74, 6) is -0.122. The summed E-state index contributed by atoms with van der Waals surface area (Å²) in [4.78, 5) is 26.2. The molecule has 7 heteroatoms. The maximum absolute atomic E-state index is 12.4. The molecular formula is C18H16Cl2N2O3. The normalized spacial score (nSPS) is 16.2. The molecule has 2 aromatic carbocycles. The first-order valence-corrected chi connectivity index (χ1v) is 8.44. The van der Waals surface area contributed by atoms with Crippen LogP contribution in [-0.4, -0.2) is 24.5 Å². The zero-order valence-corrected chi connectivity index (χ0v) is 15.2. The quantitative estimate of drug-likeness (QED) is 0.875. The minimum Gasteiger partial charge on any atom is -0.479 e. The van der Waals surface area contributed by atoms with Gasteiger partial charge < -0.3 is 10.1 Å². The predicted molar refractivity (Wildman–Crippen MR) is 98.7 cm³/mol. The van der Waals surface area contributed by atoms with Gasteiger partial charge in [0.2, 0.25) is 5.91 Å². The Kier molecular flexibility index (Phi) is 4.88. The molecule has 1 atom stereocenters. The molecule has 1 heterocycles. The molecule has 0 fully saturated rings. The SMILES string of the molecule is Cc1ccc(NC(=O)CN2C(=O)C(C)Oc3ccc(Cl)cc32)cc1Cl. The summed E-state index contributed by atoms with van der Waals surface area (Å²) in [7, 11) is 0. The highest BCUT2D eigenvalue weighted by Gasteiger charge is 2.32. The van der Waals surface area contributed by atoms with Crippen LogP contribution in [0.4, 0.5) is 11.4 Å². The van der Waals surface area contributed by atoms with Crippen LogP contribution in [0, 0.1) is 6.92 Å². The second-order valence-electron chi connectivity index (χ2n) is 5.81. The van der Waals surface area contributed by atoms with Crippen LogP contribution in [0.1, 0.15) is 12.5 Å². The first kappa shape index (κ1) is 17.6. The summed E-state index contributed by atoms with van der Waals surface area (Å²) in [6.45, 7) is 3.37. The van der Waals surface area contributed by atoms with Crippen molar-refractivity contribution in [3.63, 3.8) is 0 Å². The third kappa shape index (κ3) is 3.72. The summed E-state index contributed by atoms with van der Waals surface area (Å²) < 4.78 is 5.56. The van der Waals surface area contributed by atoms with Crippen LogP contribution >= 0.6 is 23.2 Å². The van der Waals surface area contributed by atoms with E-state index in [2.05, 4.69) is 5.32 Å². The summed E-state index contributed by atoms with van der Waals surface area (Å²) in [6, 6.07) is 10.2. The largest absolute Gasteiger partial charge is 0.479 e. The van der Waals surface area contributed by atoms with Crippen LogP contribution in [0.3, 0.4) is 0 Å². The standard InChI is InChI=1S/C18H16Cl2N2O3/c1-10-3-5-13(8-14(10)20)21-17(23)9-22-15-7-12(19)4-6-16(15)25-11(2)18(22)24/h3-8,11H,9H2,1-2H3,(H,21,23). The highest BCUT2D eigenvalue weighted by Crippen LogP contribution is 2.36. The molecule has 5 nitrogen and oxygen atoms in total. The summed E-state index contributed by atoms with van der Waals surface area (Å²) in [6.07, 6.45) is -0.671. The van der Waals surface area contributed by atoms with Gasteiger partial charge in [-0.3, -0.25) is 14.5 Å². The number of hydrogen-bond acceptors (Lipinski definition) is 3. The summed E-state index contributed by atoms with van der Waals surface area (Å²) in [5.41, 5.74) is 1.97. The minimum absolute atomic E-state index is 0.147. The third-order valence-corrected chi connectivity index (χ3v) is 4.53. The molecule has 0 spiro atoms. The number of benzene rings is 2. The lowest BCUT2D eigenvalue weighted by atomic mass is 10.2. The number of fused-ring (bicyclic) bond motifs is 1. The van der Waals surface area contributed by atoms with Gasteiger partial charge in [0, 0.05) is 15.7 Å². The molecule has 25 heavy (non-hydrogen) atoms. The number of anilines is 2. The van der Waals surface area contributed by atoms with E-state index in [0.29, 0.717) is 27.2 Å². The second kappa shape index (κ2) is 6.94. The van der Waals surface area contributed by atoms with E-state index in [0.717, 1.165) is 5.56 Å². The zero-order chi connectivity index (χ0) is 18.1. The highest BCUT2D eigenvalue weighted by molar-refractivity contribution is 6.31. The number of nitrogens with zero attached hydrogens (tertiary/aromatic N) is 1. The van der Waals surface area contributed by atoms with E-state index in [-0.39, 0.29) is 18.4 Å². The molecule has 2 aromatic rings. The van der Waals surface area contributed by atoms with Crippen molar-refractivity contribution in [1.82, 2.24) is 0 Å². The van der Waals surface area contributed by atoms with Crippen LogP contribution in [0.2, 0.25) is 10.0 Å². The van der Waals surface area contributed by atoms with E-state index < -0.39 is 6.10 Å². The van der Waals surface area contributed by atoms with Crippen molar-refractivity contribution in [2.24, 2.45) is 0 Å². The van der Waals surface area contributed by atoms with Crippen LogP contribution in [0.25, 0.3) is 0 Å². The number of aryl methyl sites for hydroxylation is 1. The molecule has 0 aromatic heterocycles. The summed E-state index contributed by atoms with van der Waals surface area (Å²) in [5, 5.41) is 3.77. The fourth-order valence-electron chi connectivity index (χ4n) is 2.56. The molecule has 0 bridgehead atoms. The number of halogens is 2. The molecule has 2 amide bonds. The van der Waals surface area contributed by atoms with Crippen molar-refractivity contribution in [2.45, 2.75) is 20.0 Å². The number of nitrogens with one attached hydrogen (secondary N) is 1. The molecule has 0 saturated carbocycles. The van der Waals surface area contributed by atoms with Crippen LogP contribution < -0.4 is 15.0 Å². The van der Waals surface area contributed by atoms with E-state index >= 15 is 0 Å². The molecule has 1 N–H and O–H groups in total. The van der Waals surface area contributed by atoms with Crippen molar-refractivity contribution in [1.29, 1.82) is 0 Å². The summed E-state index contributed by atoms with van der Waals surface area (Å²) >= 11 is 12.1. The monoisotopic (exact) mass is 378 g/mol. The van der Waals surface area contributed by atoms with E-state index in [1.165, 1.54) is 4.90 Å². The molecule has 0 saturated heterocycles. The van der Waals surface area contributed by atoms with Crippen LogP contribution in [0.15, 0.2) is 36.4 Å². The van der Waals surface area contributed by atoms with Gasteiger partial charge in [-0.1, -0.05) is 29.3 Å². The number of amides is 2. The average Bonchev–Trinajstić information content (AvgIpc) is 2.56. The lowest BCUT2D eigenvalue weighted by Gasteiger charge is -2.32. The van der Waals surface area contributed by atoms with Gasteiger partial charge >= 0.3 is 0 Å². The first-order chi connectivity index (χ1) is 11.8. The van der Waals surface area contributed by atoms with Crippen LogP contribution in [-0.2, 0) is 9.59 Å². The Morgan fingerprint density at radius 1 is 1.24 bits per heavy atom. The van der Waals surface area contributed by atoms with Gasteiger partial charge in [-0.2, -0.15) is 0 Å². The van der Waals surface area contributed by atoms with Gasteiger partial charge in [-0.15, -0.1) is 0 Å². The van der Waals surface area contributed by atoms with E-state index in [9.17, 15) is 9.59 Å². The van der Waals surface area contributed by atoms with Crippen molar-refractivity contribution < 1.29 is 14.3 Å². The van der Waals surface area contributed by atoms with E-state index in [1.807, 2.05) is 13.0 Å². The van der Waals surface area contributed by atoms with E-state index in [4.69, 9.17) is 27.9 Å². The Labute approximate surface area is 155 Å². The van der Waals surface area contributed by atoms with Gasteiger partial charge in [0.25, 0.3) is 5.91 Å². The number of carbonyl (C=O) groups is 2. The maximum Gasteiger partial charge on any atom is 0.268 e. The minimum atomic E-state index is -0.671. The van der Waals surface area contributed by atoms with Crippen molar-refractivity contribution in [2.75, 3.05) is 16.8 Å². The van der Waals surface area contributed by atoms with Gasteiger partial charge in [-0.05, 0) is 49.7 Å². The molecule has 130 valence electrons. The number of ether oxygens (including phenoxy) is 1. The fraction of sp³-hybridized carbons (Fsp3) is 0.222. The lowest BCUT2D eigenvalue weighted by molar-refractivity contribution is -0.127. The molecule has 1 aliphatic rings. The van der Waals surface area contributed by atoms with Gasteiger partial charge in [0.05, 0.1) is 5.69 Å². The topological polar surface area (TPSA) is 58.6 Å². The first-order valence-electron chi connectivity index (χ1n) is 7.69. The molecule has 0 aliphatic carbocycles. The number of carbonyl (C=O) groups excluding carboxylic acids is 2. The zero-order valence-electron chi connectivity index (χ0n) is 13.7. The van der Waals surface area contributed by atoms with Crippen molar-refractivity contribution >= 4 is 46.4 Å². The van der Waals surface area contributed by atoms with Gasteiger partial charge in [0.1, 0.15) is 12.3 Å². The number of hydrogen-bond donors (Lipinski definition) is 1. The maximum atomic E-state index is 12.4. The lowest BCUT2D eigenvalue weighted by Crippen LogP contribution is -2.47. The Hall–Kier alpha value is -2.24. The average molecular weight is 379 g/mol. The Bertz CT molecular complexity index is 854. The Balaban J connectivity index is 1.81. The molecule has 3 rings (SSSR count). The Morgan fingerprint density at radius 3 is 2.72 bits per heavy atom. The molecule has 1 aliphatic heterocycles. The molecule has 0 radical (unpaired) electrons. The van der Waals surface area contributed by atoms with Crippen molar-refractivity contribution in [3.8, 4) is 5.75 Å².